The third-order valence-corrected chi connectivity index (χ3v) is 5.28. The van der Waals surface area contributed by atoms with Crippen LogP contribution in [0.1, 0.15) is 25.7 Å². The van der Waals surface area contributed by atoms with E-state index in [-0.39, 0.29) is 6.54 Å². The van der Waals surface area contributed by atoms with Crippen LogP contribution in [-0.4, -0.2) is 69.8 Å². The van der Waals surface area contributed by atoms with Gasteiger partial charge in [-0.05, 0) is 56.7 Å². The molecule has 0 atom stereocenters. The van der Waals surface area contributed by atoms with E-state index in [0.29, 0.717) is 29.2 Å². The van der Waals surface area contributed by atoms with Crippen molar-refractivity contribution in [2.75, 3.05) is 32.7 Å². The lowest BCUT2D eigenvalue weighted by molar-refractivity contribution is -0.139. The Labute approximate surface area is 163 Å². The molecule has 2 aromatic rings. The van der Waals surface area contributed by atoms with E-state index in [0.717, 1.165) is 44.6 Å². The van der Waals surface area contributed by atoms with Crippen LogP contribution in [0, 0.1) is 0 Å². The molecule has 1 saturated heterocycles. The molecule has 7 nitrogen and oxygen atoms in total. The number of likely N-dealkylation sites (N-methyl/N-ethyl adjacent to an activating group) is 1. The lowest BCUT2D eigenvalue weighted by Crippen LogP contribution is -2.46. The summed E-state index contributed by atoms with van der Waals surface area (Å²) in [5.74, 6) is 0.447. The van der Waals surface area contributed by atoms with Gasteiger partial charge in [-0.15, -0.1) is 0 Å². The maximum absolute atomic E-state index is 11.0. The van der Waals surface area contributed by atoms with Crippen molar-refractivity contribution >= 4 is 17.6 Å². The number of hydrogen-bond acceptors (Lipinski definition) is 6. The first-order valence-electron chi connectivity index (χ1n) is 9.32. The van der Waals surface area contributed by atoms with E-state index >= 15 is 0 Å². The highest BCUT2D eigenvalue weighted by Gasteiger charge is 2.25. The summed E-state index contributed by atoms with van der Waals surface area (Å²) in [6.07, 6.45) is 2.68. The average molecular weight is 393 g/mol. The summed E-state index contributed by atoms with van der Waals surface area (Å²) in [5, 5.41) is 13.7. The van der Waals surface area contributed by atoms with Gasteiger partial charge in [0.05, 0.1) is 6.54 Å². The molecule has 0 radical (unpaired) electrons. The van der Waals surface area contributed by atoms with Crippen molar-refractivity contribution < 1.29 is 14.4 Å². The van der Waals surface area contributed by atoms with Crippen molar-refractivity contribution in [1.82, 2.24) is 19.9 Å². The molecule has 1 aliphatic heterocycles. The minimum Gasteiger partial charge on any atom is -0.480 e. The summed E-state index contributed by atoms with van der Waals surface area (Å²) in [4.78, 5) is 19.9. The van der Waals surface area contributed by atoms with Crippen LogP contribution in [0.3, 0.4) is 0 Å². The molecular formula is C19H25ClN4O3. The Hall–Kier alpha value is -1.96. The van der Waals surface area contributed by atoms with Crippen LogP contribution in [0.4, 0.5) is 0 Å². The Kier molecular flexibility index (Phi) is 6.82. The van der Waals surface area contributed by atoms with Crippen LogP contribution in [-0.2, 0) is 11.2 Å². The van der Waals surface area contributed by atoms with Crippen LogP contribution in [0.2, 0.25) is 5.02 Å². The van der Waals surface area contributed by atoms with Crippen molar-refractivity contribution in [3.05, 3.63) is 35.2 Å². The number of halogens is 1. The number of carbonyl (C=O) groups is 1. The third-order valence-electron chi connectivity index (χ3n) is 5.03. The monoisotopic (exact) mass is 392 g/mol. The molecule has 8 heteroatoms. The smallest absolute Gasteiger partial charge is 0.317 e. The molecule has 146 valence electrons. The molecule has 1 aromatic carbocycles. The molecule has 1 N–H and O–H groups in total. The summed E-state index contributed by atoms with van der Waals surface area (Å²) < 4.78 is 5.37. The van der Waals surface area contributed by atoms with E-state index in [1.54, 1.807) is 12.1 Å². The summed E-state index contributed by atoms with van der Waals surface area (Å²) in [5.41, 5.74) is 0.883. The zero-order valence-corrected chi connectivity index (χ0v) is 16.2. The van der Waals surface area contributed by atoms with Crippen LogP contribution in [0.25, 0.3) is 11.4 Å². The van der Waals surface area contributed by atoms with Gasteiger partial charge in [-0.1, -0.05) is 23.7 Å². The fourth-order valence-corrected chi connectivity index (χ4v) is 3.63. The summed E-state index contributed by atoms with van der Waals surface area (Å²) >= 11 is 5.90. The van der Waals surface area contributed by atoms with Crippen molar-refractivity contribution in [2.45, 2.75) is 32.2 Å². The van der Waals surface area contributed by atoms with E-state index in [9.17, 15) is 4.79 Å². The van der Waals surface area contributed by atoms with E-state index < -0.39 is 5.97 Å². The number of nitrogens with zero attached hydrogens (tertiary/aromatic N) is 4. The molecule has 1 aliphatic rings. The van der Waals surface area contributed by atoms with Gasteiger partial charge in [0.1, 0.15) is 0 Å². The molecule has 27 heavy (non-hydrogen) atoms. The summed E-state index contributed by atoms with van der Waals surface area (Å²) in [6.45, 7) is 5.68. The summed E-state index contributed by atoms with van der Waals surface area (Å²) in [6, 6.07) is 7.71. The first-order chi connectivity index (χ1) is 13.0. The number of hydrogen-bond donors (Lipinski definition) is 1. The zero-order valence-electron chi connectivity index (χ0n) is 15.5. The van der Waals surface area contributed by atoms with Gasteiger partial charge in [-0.2, -0.15) is 4.98 Å². The van der Waals surface area contributed by atoms with E-state index in [1.807, 2.05) is 19.1 Å². The minimum absolute atomic E-state index is 0.122. The lowest BCUT2D eigenvalue weighted by Gasteiger charge is -2.37. The van der Waals surface area contributed by atoms with Gasteiger partial charge in [0.25, 0.3) is 0 Å². The molecule has 0 saturated carbocycles. The van der Waals surface area contributed by atoms with Gasteiger partial charge in [0.15, 0.2) is 0 Å². The van der Waals surface area contributed by atoms with E-state index in [4.69, 9.17) is 21.2 Å². The van der Waals surface area contributed by atoms with Gasteiger partial charge in [0, 0.05) is 29.6 Å². The lowest BCUT2D eigenvalue weighted by atomic mass is 10.0. The molecular weight excluding hydrogens is 368 g/mol. The first kappa shape index (κ1) is 19.8. The van der Waals surface area contributed by atoms with E-state index in [1.165, 1.54) is 0 Å². The standard InChI is InChI=1S/C19H25ClN4O3/c1-2-24(13-18(25)26)16-7-10-23(11-8-16)12-9-17-21-19(22-27-17)14-3-5-15(20)6-4-14/h3-6,16H,2,7-13H2,1H3,(H,25,26). The summed E-state index contributed by atoms with van der Waals surface area (Å²) in [7, 11) is 0. The van der Waals surface area contributed by atoms with E-state index in [2.05, 4.69) is 19.9 Å². The topological polar surface area (TPSA) is 82.7 Å². The van der Waals surface area contributed by atoms with Crippen LogP contribution in [0.15, 0.2) is 28.8 Å². The average Bonchev–Trinajstić information content (AvgIpc) is 3.14. The van der Waals surface area contributed by atoms with Crippen LogP contribution in [0.5, 0.6) is 0 Å². The highest BCUT2D eigenvalue weighted by atomic mass is 35.5. The fourth-order valence-electron chi connectivity index (χ4n) is 3.51. The Balaban J connectivity index is 1.46. The van der Waals surface area contributed by atoms with Crippen LogP contribution < -0.4 is 0 Å². The van der Waals surface area contributed by atoms with Gasteiger partial charge in [0.2, 0.25) is 11.7 Å². The highest BCUT2D eigenvalue weighted by Crippen LogP contribution is 2.20. The van der Waals surface area contributed by atoms with Gasteiger partial charge in [-0.25, -0.2) is 0 Å². The normalized spacial score (nSPS) is 16.1. The predicted molar refractivity (Wildman–Crippen MR) is 103 cm³/mol. The number of carboxylic acids is 1. The molecule has 1 fully saturated rings. The molecule has 0 aliphatic carbocycles. The van der Waals surface area contributed by atoms with Gasteiger partial charge >= 0.3 is 5.97 Å². The molecule has 0 spiro atoms. The maximum Gasteiger partial charge on any atom is 0.317 e. The second-order valence-corrected chi connectivity index (χ2v) is 7.23. The maximum atomic E-state index is 11.0. The molecule has 1 aromatic heterocycles. The molecule has 3 rings (SSSR count). The zero-order chi connectivity index (χ0) is 19.2. The Bertz CT molecular complexity index is 742. The Morgan fingerprint density at radius 3 is 2.67 bits per heavy atom. The number of rotatable bonds is 8. The van der Waals surface area contributed by atoms with Gasteiger partial charge < -0.3 is 14.5 Å². The second-order valence-electron chi connectivity index (χ2n) is 6.80. The molecule has 0 bridgehead atoms. The Morgan fingerprint density at radius 2 is 2.04 bits per heavy atom. The van der Waals surface area contributed by atoms with Gasteiger partial charge in [-0.3, -0.25) is 9.69 Å². The molecule has 2 heterocycles. The highest BCUT2D eigenvalue weighted by molar-refractivity contribution is 6.30. The number of aromatic nitrogens is 2. The SMILES string of the molecule is CCN(CC(=O)O)C1CCN(CCc2nc(-c3ccc(Cl)cc3)no2)CC1. The molecule has 0 amide bonds. The van der Waals surface area contributed by atoms with Crippen LogP contribution >= 0.6 is 11.6 Å². The number of likely N-dealkylation sites (tertiary alicyclic amines) is 1. The number of piperidine rings is 1. The Morgan fingerprint density at radius 1 is 1.33 bits per heavy atom. The minimum atomic E-state index is -0.757. The third kappa shape index (κ3) is 5.51. The predicted octanol–water partition coefficient (Wildman–Crippen LogP) is 2.80. The number of aliphatic carboxylic acids is 1. The van der Waals surface area contributed by atoms with Crippen molar-refractivity contribution in [1.29, 1.82) is 0 Å². The number of carboxylic acid groups (broad SMARTS) is 1. The molecule has 0 unspecified atom stereocenters. The first-order valence-corrected chi connectivity index (χ1v) is 9.69. The van der Waals surface area contributed by atoms with Crippen molar-refractivity contribution in [2.24, 2.45) is 0 Å². The van der Waals surface area contributed by atoms with Crippen molar-refractivity contribution in [3.8, 4) is 11.4 Å². The largest absolute Gasteiger partial charge is 0.480 e. The fraction of sp³-hybridized carbons (Fsp3) is 0.526. The second kappa shape index (κ2) is 9.30. The quantitative estimate of drug-likeness (QED) is 0.739. The van der Waals surface area contributed by atoms with Crippen molar-refractivity contribution in [3.63, 3.8) is 0 Å². The number of benzene rings is 1.